The molecule has 2 aromatic rings. The van der Waals surface area contributed by atoms with Crippen molar-refractivity contribution in [3.05, 3.63) is 57.2 Å². The van der Waals surface area contributed by atoms with Crippen molar-refractivity contribution in [2.75, 3.05) is 25.7 Å². The second kappa shape index (κ2) is 10.7. The van der Waals surface area contributed by atoms with Gasteiger partial charge in [0, 0.05) is 17.2 Å². The number of aliphatic hydroxyl groups excluding tert-OH is 2. The van der Waals surface area contributed by atoms with Crippen molar-refractivity contribution in [1.82, 2.24) is 0 Å². The minimum absolute atomic E-state index is 0.0707. The van der Waals surface area contributed by atoms with Crippen molar-refractivity contribution in [2.24, 2.45) is 5.92 Å². The molecule has 0 aromatic heterocycles. The normalized spacial score (nSPS) is 13.8. The molecule has 0 radical (unpaired) electrons. The van der Waals surface area contributed by atoms with Gasteiger partial charge in [0.1, 0.15) is 24.2 Å². The van der Waals surface area contributed by atoms with Crippen molar-refractivity contribution in [2.45, 2.75) is 32.3 Å². The van der Waals surface area contributed by atoms with Gasteiger partial charge in [0.25, 0.3) is 0 Å². The van der Waals surface area contributed by atoms with Crippen LogP contribution < -0.4 is 9.47 Å². The molecule has 2 N–H and O–H groups in total. The quantitative estimate of drug-likeness (QED) is 0.356. The molecule has 4 nitrogen and oxygen atoms in total. The number of ether oxygens (including phenoxy) is 2. The Morgan fingerprint density at radius 1 is 1.04 bits per heavy atom. The topological polar surface area (TPSA) is 58.9 Å². The highest BCUT2D eigenvalue weighted by molar-refractivity contribution is 14.1. The summed E-state index contributed by atoms with van der Waals surface area (Å²) in [6.07, 6.45) is -0.869. The largest absolute Gasteiger partial charge is 0.492 e. The van der Waals surface area contributed by atoms with Crippen LogP contribution in [0.4, 0.5) is 0 Å². The number of halogens is 2. The van der Waals surface area contributed by atoms with Crippen LogP contribution >= 0.6 is 34.2 Å². The maximum absolute atomic E-state index is 9.39. The van der Waals surface area contributed by atoms with E-state index in [-0.39, 0.29) is 18.6 Å². The molecule has 0 spiro atoms. The Morgan fingerprint density at radius 2 is 1.68 bits per heavy atom. The second-order valence-electron chi connectivity index (χ2n) is 7.51. The Hall–Kier alpha value is -1.02. The molecule has 0 fully saturated rings. The van der Waals surface area contributed by atoms with Gasteiger partial charge in [0.15, 0.2) is 0 Å². The standard InChI is InChI=1S/C22H28ClIO4/c1-15(11-23)13-28-21-9-6-17(10-20(21)24)22(2,3)16-4-7-19(8-5-16)27-14-18(26)12-25/h4-10,15,18,25-26H,11-14H2,1-3H3/t15-,18-/m0/s1. The lowest BCUT2D eigenvalue weighted by molar-refractivity contribution is 0.0536. The van der Waals surface area contributed by atoms with Crippen molar-refractivity contribution in [3.63, 3.8) is 0 Å². The number of alkyl halides is 1. The van der Waals surface area contributed by atoms with E-state index in [1.807, 2.05) is 30.3 Å². The van der Waals surface area contributed by atoms with E-state index in [2.05, 4.69) is 55.5 Å². The zero-order chi connectivity index (χ0) is 20.7. The number of rotatable bonds is 10. The van der Waals surface area contributed by atoms with Gasteiger partial charge in [-0.25, -0.2) is 0 Å². The predicted molar refractivity (Wildman–Crippen MR) is 122 cm³/mol. The molecule has 0 aliphatic carbocycles. The van der Waals surface area contributed by atoms with Crippen LogP contribution in [0.15, 0.2) is 42.5 Å². The molecule has 0 aliphatic heterocycles. The van der Waals surface area contributed by atoms with Crippen LogP contribution in [0, 0.1) is 9.49 Å². The van der Waals surface area contributed by atoms with Gasteiger partial charge in [-0.3, -0.25) is 0 Å². The molecule has 0 saturated heterocycles. The first-order chi connectivity index (χ1) is 13.3. The van der Waals surface area contributed by atoms with Crippen molar-refractivity contribution < 1.29 is 19.7 Å². The Balaban J connectivity index is 2.11. The van der Waals surface area contributed by atoms with Crippen LogP contribution in [0.5, 0.6) is 11.5 Å². The predicted octanol–water partition coefficient (Wildman–Crippen LogP) is 4.60. The van der Waals surface area contributed by atoms with Gasteiger partial charge in [-0.05, 0) is 58.0 Å². The average Bonchev–Trinajstić information content (AvgIpc) is 2.70. The monoisotopic (exact) mass is 518 g/mol. The molecule has 0 aliphatic rings. The molecule has 0 bridgehead atoms. The highest BCUT2D eigenvalue weighted by atomic mass is 127. The third kappa shape index (κ3) is 6.24. The fraction of sp³-hybridized carbons (Fsp3) is 0.455. The lowest BCUT2D eigenvalue weighted by atomic mass is 9.78. The van der Waals surface area contributed by atoms with Gasteiger partial charge in [-0.2, -0.15) is 0 Å². The second-order valence-corrected chi connectivity index (χ2v) is 8.98. The Bertz CT molecular complexity index is 749. The summed E-state index contributed by atoms with van der Waals surface area (Å²) in [6, 6.07) is 14.1. The first-order valence-corrected chi connectivity index (χ1v) is 10.9. The molecular formula is C22H28ClIO4. The average molecular weight is 519 g/mol. The first-order valence-electron chi connectivity index (χ1n) is 9.29. The van der Waals surface area contributed by atoms with Crippen LogP contribution in [-0.4, -0.2) is 42.0 Å². The van der Waals surface area contributed by atoms with Crippen LogP contribution in [0.3, 0.4) is 0 Å². The Kier molecular flexibility index (Phi) is 8.86. The lowest BCUT2D eigenvalue weighted by Gasteiger charge is -2.27. The van der Waals surface area contributed by atoms with Gasteiger partial charge < -0.3 is 19.7 Å². The number of hydrogen-bond acceptors (Lipinski definition) is 4. The Labute approximate surface area is 186 Å². The molecule has 2 aromatic carbocycles. The molecule has 0 heterocycles. The van der Waals surface area contributed by atoms with Gasteiger partial charge in [0.2, 0.25) is 0 Å². The third-order valence-electron chi connectivity index (χ3n) is 4.67. The number of aliphatic hydroxyl groups is 2. The molecule has 2 rings (SSSR count). The summed E-state index contributed by atoms with van der Waals surface area (Å²) in [4.78, 5) is 0. The van der Waals surface area contributed by atoms with Crippen LogP contribution in [0.1, 0.15) is 31.9 Å². The maximum Gasteiger partial charge on any atom is 0.132 e. The maximum atomic E-state index is 9.39. The molecule has 6 heteroatoms. The van der Waals surface area contributed by atoms with Crippen molar-refractivity contribution >= 4 is 34.2 Å². The molecule has 0 amide bonds. The van der Waals surface area contributed by atoms with E-state index in [1.165, 1.54) is 5.56 Å². The summed E-state index contributed by atoms with van der Waals surface area (Å²) < 4.78 is 12.4. The molecule has 0 unspecified atom stereocenters. The number of benzene rings is 2. The summed E-state index contributed by atoms with van der Waals surface area (Å²) in [5, 5.41) is 18.2. The summed E-state index contributed by atoms with van der Waals surface area (Å²) in [5.74, 6) is 2.44. The van der Waals surface area contributed by atoms with E-state index in [1.54, 1.807) is 0 Å². The van der Waals surface area contributed by atoms with Crippen molar-refractivity contribution in [3.8, 4) is 11.5 Å². The van der Waals surface area contributed by atoms with E-state index in [0.29, 0.717) is 24.2 Å². The van der Waals surface area contributed by atoms with E-state index in [4.69, 9.17) is 26.2 Å². The Morgan fingerprint density at radius 3 is 2.25 bits per heavy atom. The highest BCUT2D eigenvalue weighted by Gasteiger charge is 2.24. The third-order valence-corrected chi connectivity index (χ3v) is 6.04. The van der Waals surface area contributed by atoms with Gasteiger partial charge in [-0.1, -0.05) is 39.0 Å². The SMILES string of the molecule is C[C@@H](CCl)COc1ccc(C(C)(C)c2ccc(OC[C@@H](O)CO)cc2)cc1I. The van der Waals surface area contributed by atoms with E-state index in [0.717, 1.165) is 14.9 Å². The molecule has 2 atom stereocenters. The van der Waals surface area contributed by atoms with Gasteiger partial charge in [0.05, 0.1) is 16.8 Å². The first kappa shape index (κ1) is 23.3. The fourth-order valence-electron chi connectivity index (χ4n) is 2.66. The summed E-state index contributed by atoms with van der Waals surface area (Å²) in [6.45, 7) is 6.79. The van der Waals surface area contributed by atoms with E-state index in [9.17, 15) is 5.11 Å². The highest BCUT2D eigenvalue weighted by Crippen LogP contribution is 2.35. The van der Waals surface area contributed by atoms with Gasteiger partial charge >= 0.3 is 0 Å². The molecule has 154 valence electrons. The summed E-state index contributed by atoms with van der Waals surface area (Å²) in [7, 11) is 0. The summed E-state index contributed by atoms with van der Waals surface area (Å²) >= 11 is 8.16. The smallest absolute Gasteiger partial charge is 0.132 e. The minimum Gasteiger partial charge on any atom is -0.492 e. The molecule has 0 saturated carbocycles. The summed E-state index contributed by atoms with van der Waals surface area (Å²) in [5.41, 5.74) is 2.16. The molecule has 28 heavy (non-hydrogen) atoms. The zero-order valence-electron chi connectivity index (χ0n) is 16.5. The minimum atomic E-state index is -0.869. The van der Waals surface area contributed by atoms with Crippen molar-refractivity contribution in [1.29, 1.82) is 0 Å². The van der Waals surface area contributed by atoms with Crippen LogP contribution in [0.2, 0.25) is 0 Å². The van der Waals surface area contributed by atoms with Gasteiger partial charge in [-0.15, -0.1) is 11.6 Å². The molecular weight excluding hydrogens is 491 g/mol. The number of hydrogen-bond donors (Lipinski definition) is 2. The van der Waals surface area contributed by atoms with Crippen LogP contribution in [0.25, 0.3) is 0 Å². The van der Waals surface area contributed by atoms with E-state index < -0.39 is 6.10 Å². The van der Waals surface area contributed by atoms with E-state index >= 15 is 0 Å². The van der Waals surface area contributed by atoms with Crippen LogP contribution in [-0.2, 0) is 5.41 Å². The zero-order valence-corrected chi connectivity index (χ0v) is 19.4. The lowest BCUT2D eigenvalue weighted by Crippen LogP contribution is -2.21. The fourth-order valence-corrected chi connectivity index (χ4v) is 3.42.